The fourth-order valence-electron chi connectivity index (χ4n) is 2.85. The van der Waals surface area contributed by atoms with Crippen LogP contribution in [0.25, 0.3) is 6.08 Å². The summed E-state index contributed by atoms with van der Waals surface area (Å²) in [6, 6.07) is 9.25. The molecule has 2 amide bonds. The van der Waals surface area contributed by atoms with Crippen molar-refractivity contribution in [2.24, 2.45) is 0 Å². The average Bonchev–Trinajstić information content (AvgIpc) is 2.99. The van der Waals surface area contributed by atoms with Crippen LogP contribution >= 0.6 is 55.8 Å². The van der Waals surface area contributed by atoms with Crippen molar-refractivity contribution in [1.82, 2.24) is 4.90 Å². The topological polar surface area (TPSA) is 107 Å². The van der Waals surface area contributed by atoms with Crippen LogP contribution in [0.4, 0.5) is 5.69 Å². The SMILES string of the molecule is O=C(CCCN1C(=O)/C(=C/c2cc(Br)cc(Br)c2O)SC1=S)Nc1ccc(C(=O)O)cc1. The predicted molar refractivity (Wildman–Crippen MR) is 135 cm³/mol. The van der Waals surface area contributed by atoms with Crippen molar-refractivity contribution in [3.8, 4) is 5.75 Å². The molecule has 1 fully saturated rings. The van der Waals surface area contributed by atoms with Crippen molar-refractivity contribution >= 4 is 89.7 Å². The van der Waals surface area contributed by atoms with E-state index >= 15 is 0 Å². The second-order valence-electron chi connectivity index (χ2n) is 6.69. The van der Waals surface area contributed by atoms with Crippen molar-refractivity contribution in [2.45, 2.75) is 12.8 Å². The number of carbonyl (C=O) groups is 3. The maximum absolute atomic E-state index is 12.8. The minimum atomic E-state index is -1.04. The van der Waals surface area contributed by atoms with Gasteiger partial charge < -0.3 is 15.5 Å². The molecule has 0 bridgehead atoms. The Morgan fingerprint density at radius 1 is 1.19 bits per heavy atom. The molecule has 0 atom stereocenters. The van der Waals surface area contributed by atoms with Crippen LogP contribution in [-0.4, -0.2) is 43.8 Å². The number of amides is 2. The molecule has 3 rings (SSSR count). The number of phenols is 1. The summed E-state index contributed by atoms with van der Waals surface area (Å²) in [5.41, 5.74) is 1.10. The van der Waals surface area contributed by atoms with E-state index in [1.165, 1.54) is 29.2 Å². The standard InChI is InChI=1S/C21H16Br2N2O5S2/c22-13-8-12(18(27)15(23)10-13)9-16-19(28)25(21(31)32-16)7-1-2-17(26)24-14-5-3-11(4-6-14)20(29)30/h3-6,8-10,27H,1-2,7H2,(H,24,26)(H,29,30)/b16-9-. The van der Waals surface area contributed by atoms with Gasteiger partial charge in [0.15, 0.2) is 0 Å². The van der Waals surface area contributed by atoms with Crippen LogP contribution in [0.2, 0.25) is 0 Å². The van der Waals surface area contributed by atoms with Crippen molar-refractivity contribution < 1.29 is 24.6 Å². The molecule has 0 radical (unpaired) electrons. The summed E-state index contributed by atoms with van der Waals surface area (Å²) in [7, 11) is 0. The Hall–Kier alpha value is -2.21. The molecule has 166 valence electrons. The quantitative estimate of drug-likeness (QED) is 0.295. The van der Waals surface area contributed by atoms with Crippen LogP contribution in [-0.2, 0) is 9.59 Å². The zero-order chi connectivity index (χ0) is 23.4. The number of thiocarbonyl (C=S) groups is 1. The largest absolute Gasteiger partial charge is 0.506 e. The zero-order valence-electron chi connectivity index (χ0n) is 16.3. The highest BCUT2D eigenvalue weighted by molar-refractivity contribution is 9.11. The molecular formula is C21H16Br2N2O5S2. The van der Waals surface area contributed by atoms with Crippen LogP contribution in [0, 0.1) is 0 Å². The predicted octanol–water partition coefficient (Wildman–Crippen LogP) is 5.24. The monoisotopic (exact) mass is 598 g/mol. The van der Waals surface area contributed by atoms with E-state index in [-0.39, 0.29) is 36.1 Å². The van der Waals surface area contributed by atoms with Crippen molar-refractivity contribution in [1.29, 1.82) is 0 Å². The maximum atomic E-state index is 12.8. The Kier molecular flexibility index (Phi) is 8.10. The van der Waals surface area contributed by atoms with Gasteiger partial charge in [0.2, 0.25) is 5.91 Å². The first-order valence-corrected chi connectivity index (χ1v) is 12.0. The van der Waals surface area contributed by atoms with Gasteiger partial charge in [0, 0.05) is 28.7 Å². The van der Waals surface area contributed by atoms with Crippen molar-refractivity contribution in [3.63, 3.8) is 0 Å². The first kappa shape index (κ1) is 24.4. The number of hydrogen-bond acceptors (Lipinski definition) is 6. The summed E-state index contributed by atoms with van der Waals surface area (Å²) < 4.78 is 1.63. The van der Waals surface area contributed by atoms with Crippen LogP contribution in [0.3, 0.4) is 0 Å². The molecule has 0 saturated carbocycles. The third-order valence-corrected chi connectivity index (χ3v) is 6.86. The first-order chi connectivity index (χ1) is 15.2. The van der Waals surface area contributed by atoms with Gasteiger partial charge in [0.1, 0.15) is 10.1 Å². The highest BCUT2D eigenvalue weighted by Gasteiger charge is 2.32. The molecule has 0 aromatic heterocycles. The smallest absolute Gasteiger partial charge is 0.335 e. The molecule has 1 aliphatic heterocycles. The molecule has 32 heavy (non-hydrogen) atoms. The van der Waals surface area contributed by atoms with E-state index in [0.29, 0.717) is 31.4 Å². The number of hydrogen-bond donors (Lipinski definition) is 3. The lowest BCUT2D eigenvalue weighted by molar-refractivity contribution is -0.122. The van der Waals surface area contributed by atoms with Gasteiger partial charge in [-0.15, -0.1) is 0 Å². The number of thioether (sulfide) groups is 1. The van der Waals surface area contributed by atoms with Gasteiger partial charge in [-0.2, -0.15) is 0 Å². The lowest BCUT2D eigenvalue weighted by atomic mass is 10.2. The Bertz CT molecular complexity index is 1140. The van der Waals surface area contributed by atoms with Gasteiger partial charge in [-0.1, -0.05) is 39.9 Å². The fraction of sp³-hybridized carbons (Fsp3) is 0.143. The van der Waals surface area contributed by atoms with E-state index in [2.05, 4.69) is 37.2 Å². The van der Waals surface area contributed by atoms with E-state index in [4.69, 9.17) is 17.3 Å². The number of aromatic hydroxyl groups is 1. The average molecular weight is 600 g/mol. The fourth-order valence-corrected chi connectivity index (χ4v) is 5.41. The van der Waals surface area contributed by atoms with Crippen molar-refractivity contribution in [3.05, 3.63) is 61.4 Å². The molecule has 2 aromatic rings. The molecule has 0 aliphatic carbocycles. The Balaban J connectivity index is 1.57. The summed E-state index contributed by atoms with van der Waals surface area (Å²) in [5, 5.41) is 21.8. The minimum Gasteiger partial charge on any atom is -0.506 e. The number of aromatic carboxylic acids is 1. The van der Waals surface area contributed by atoms with Crippen LogP contribution < -0.4 is 5.32 Å². The minimum absolute atomic E-state index is 0.0199. The summed E-state index contributed by atoms with van der Waals surface area (Å²) in [6.45, 7) is 0.279. The first-order valence-electron chi connectivity index (χ1n) is 9.22. The summed E-state index contributed by atoms with van der Waals surface area (Å²) in [4.78, 5) is 37.6. The highest BCUT2D eigenvalue weighted by atomic mass is 79.9. The molecule has 1 saturated heterocycles. The van der Waals surface area contributed by atoms with E-state index in [1.54, 1.807) is 18.2 Å². The second-order valence-corrected chi connectivity index (χ2v) is 10.1. The molecular weight excluding hydrogens is 584 g/mol. The number of phenolic OH excluding ortho intramolecular Hbond substituents is 1. The lowest BCUT2D eigenvalue weighted by Crippen LogP contribution is -2.29. The van der Waals surface area contributed by atoms with E-state index < -0.39 is 5.97 Å². The third-order valence-electron chi connectivity index (χ3n) is 4.42. The van der Waals surface area contributed by atoms with Crippen LogP contribution in [0.15, 0.2) is 50.2 Å². The van der Waals surface area contributed by atoms with E-state index in [1.807, 2.05) is 0 Å². The van der Waals surface area contributed by atoms with Gasteiger partial charge >= 0.3 is 5.97 Å². The normalized spacial score (nSPS) is 14.8. The number of nitrogens with zero attached hydrogens (tertiary/aromatic N) is 1. The molecule has 0 spiro atoms. The van der Waals surface area contributed by atoms with Gasteiger partial charge in [-0.3, -0.25) is 14.5 Å². The molecule has 1 heterocycles. The molecule has 2 aromatic carbocycles. The Morgan fingerprint density at radius 3 is 2.53 bits per heavy atom. The number of benzene rings is 2. The van der Waals surface area contributed by atoms with Gasteiger partial charge in [0.05, 0.1) is 14.9 Å². The number of halogens is 2. The molecule has 11 heteroatoms. The van der Waals surface area contributed by atoms with Gasteiger partial charge in [0.25, 0.3) is 5.91 Å². The molecule has 3 N–H and O–H groups in total. The Labute approximate surface area is 210 Å². The van der Waals surface area contributed by atoms with Gasteiger partial charge in [-0.05, 0) is 64.8 Å². The number of carboxylic acid groups (broad SMARTS) is 1. The summed E-state index contributed by atoms with van der Waals surface area (Å²) in [6.07, 6.45) is 2.14. The summed E-state index contributed by atoms with van der Waals surface area (Å²) in [5.74, 6) is -1.55. The van der Waals surface area contributed by atoms with Crippen LogP contribution in [0.1, 0.15) is 28.8 Å². The van der Waals surface area contributed by atoms with E-state index in [9.17, 15) is 19.5 Å². The molecule has 1 aliphatic rings. The van der Waals surface area contributed by atoms with E-state index in [0.717, 1.165) is 16.2 Å². The number of carbonyl (C=O) groups excluding carboxylic acids is 2. The second kappa shape index (κ2) is 10.6. The Morgan fingerprint density at radius 2 is 1.88 bits per heavy atom. The maximum Gasteiger partial charge on any atom is 0.335 e. The number of nitrogens with one attached hydrogen (secondary N) is 1. The van der Waals surface area contributed by atoms with Crippen LogP contribution in [0.5, 0.6) is 5.75 Å². The van der Waals surface area contributed by atoms with Gasteiger partial charge in [-0.25, -0.2) is 4.79 Å². The number of anilines is 1. The zero-order valence-corrected chi connectivity index (χ0v) is 21.1. The number of rotatable bonds is 7. The third kappa shape index (κ3) is 5.97. The molecule has 7 nitrogen and oxygen atoms in total. The summed E-state index contributed by atoms with van der Waals surface area (Å²) >= 11 is 13.1. The molecule has 0 unspecified atom stereocenters. The highest BCUT2D eigenvalue weighted by Crippen LogP contribution is 2.37. The lowest BCUT2D eigenvalue weighted by Gasteiger charge is -2.14. The van der Waals surface area contributed by atoms with Crippen molar-refractivity contribution in [2.75, 3.05) is 11.9 Å². The number of carboxylic acids is 1.